The van der Waals surface area contributed by atoms with Crippen LogP contribution in [0.3, 0.4) is 0 Å². The summed E-state index contributed by atoms with van der Waals surface area (Å²) in [5.41, 5.74) is 1.36. The molecular formula is C30H35FN2O5S. The van der Waals surface area contributed by atoms with Crippen molar-refractivity contribution in [3.8, 4) is 16.9 Å². The lowest BCUT2D eigenvalue weighted by molar-refractivity contribution is 0.0423. The maximum absolute atomic E-state index is 14.2. The largest absolute Gasteiger partial charge is 0.497 e. The summed E-state index contributed by atoms with van der Waals surface area (Å²) in [6.45, 7) is 6.51. The topological polar surface area (TPSA) is 87.2 Å². The summed E-state index contributed by atoms with van der Waals surface area (Å²) in [4.78, 5) is 13.6. The van der Waals surface area contributed by atoms with Crippen LogP contribution in [0.2, 0.25) is 0 Å². The summed E-state index contributed by atoms with van der Waals surface area (Å²) < 4.78 is 49.0. The standard InChI is InChI=1S/C30H35FN2O5S/c1-30(2,3)28-18-21(16-17-32(28)29(34)35)20-33(39(36,37)25-8-6-5-7-9-25)27-15-14-24(38-4)19-26(27)22-10-12-23(31)13-11-22/h5-15,19,21,28H,16-18,20H2,1-4H3,(H,34,35). The maximum atomic E-state index is 14.2. The molecule has 0 saturated carbocycles. The van der Waals surface area contributed by atoms with Gasteiger partial charge in [0.1, 0.15) is 11.6 Å². The van der Waals surface area contributed by atoms with E-state index in [9.17, 15) is 22.7 Å². The van der Waals surface area contributed by atoms with Gasteiger partial charge in [-0.25, -0.2) is 17.6 Å². The van der Waals surface area contributed by atoms with Crippen LogP contribution < -0.4 is 9.04 Å². The Bertz CT molecular complexity index is 1410. The van der Waals surface area contributed by atoms with Gasteiger partial charge in [-0.05, 0) is 72.2 Å². The molecule has 4 rings (SSSR count). The Labute approximate surface area is 229 Å². The van der Waals surface area contributed by atoms with E-state index in [2.05, 4.69) is 0 Å². The van der Waals surface area contributed by atoms with Gasteiger partial charge in [-0.2, -0.15) is 0 Å². The molecule has 39 heavy (non-hydrogen) atoms. The number of likely N-dealkylation sites (tertiary alicyclic amines) is 1. The van der Waals surface area contributed by atoms with Crippen LogP contribution in [-0.4, -0.2) is 50.8 Å². The average molecular weight is 555 g/mol. The Morgan fingerprint density at radius 2 is 1.74 bits per heavy atom. The zero-order valence-corrected chi connectivity index (χ0v) is 23.5. The van der Waals surface area contributed by atoms with Gasteiger partial charge in [0.15, 0.2) is 0 Å². The Balaban J connectivity index is 1.82. The lowest BCUT2D eigenvalue weighted by atomic mass is 9.77. The number of nitrogens with zero attached hydrogens (tertiary/aromatic N) is 2. The molecule has 2 unspecified atom stereocenters. The van der Waals surface area contributed by atoms with E-state index < -0.39 is 21.9 Å². The summed E-state index contributed by atoms with van der Waals surface area (Å²) in [6, 6.07) is 19.1. The van der Waals surface area contributed by atoms with Gasteiger partial charge in [0.25, 0.3) is 10.0 Å². The predicted molar refractivity (Wildman–Crippen MR) is 150 cm³/mol. The molecule has 9 heteroatoms. The van der Waals surface area contributed by atoms with Crippen molar-refractivity contribution < 1.29 is 27.4 Å². The number of carboxylic acid groups (broad SMARTS) is 1. The average Bonchev–Trinajstić information content (AvgIpc) is 2.91. The second-order valence-electron chi connectivity index (χ2n) is 11.0. The van der Waals surface area contributed by atoms with Crippen molar-refractivity contribution in [3.63, 3.8) is 0 Å². The molecule has 1 saturated heterocycles. The number of ether oxygens (including phenoxy) is 1. The zero-order valence-electron chi connectivity index (χ0n) is 22.7. The van der Waals surface area contributed by atoms with Crippen molar-refractivity contribution in [2.75, 3.05) is 24.5 Å². The Hall–Kier alpha value is -3.59. The molecule has 0 aliphatic carbocycles. The fourth-order valence-electron chi connectivity index (χ4n) is 5.25. The number of amides is 1. The van der Waals surface area contributed by atoms with Crippen LogP contribution in [0.4, 0.5) is 14.9 Å². The van der Waals surface area contributed by atoms with E-state index in [1.54, 1.807) is 60.7 Å². The fourth-order valence-corrected chi connectivity index (χ4v) is 6.84. The minimum absolute atomic E-state index is 0.0912. The van der Waals surface area contributed by atoms with Gasteiger partial charge in [0.05, 0.1) is 17.7 Å². The summed E-state index contributed by atoms with van der Waals surface area (Å²) in [7, 11) is -2.47. The quantitative estimate of drug-likeness (QED) is 0.360. The van der Waals surface area contributed by atoms with Gasteiger partial charge in [-0.3, -0.25) is 4.31 Å². The molecule has 1 aliphatic heterocycles. The van der Waals surface area contributed by atoms with Crippen LogP contribution in [0.25, 0.3) is 11.1 Å². The van der Waals surface area contributed by atoms with Gasteiger partial charge in [0, 0.05) is 24.7 Å². The molecule has 0 spiro atoms. The lowest BCUT2D eigenvalue weighted by Gasteiger charge is -2.45. The number of anilines is 1. The minimum atomic E-state index is -4.01. The van der Waals surface area contributed by atoms with E-state index in [4.69, 9.17) is 4.74 Å². The first-order valence-electron chi connectivity index (χ1n) is 12.9. The highest BCUT2D eigenvalue weighted by atomic mass is 32.2. The molecule has 1 aliphatic rings. The van der Waals surface area contributed by atoms with Crippen LogP contribution in [0, 0.1) is 17.2 Å². The van der Waals surface area contributed by atoms with Gasteiger partial charge >= 0.3 is 6.09 Å². The second kappa shape index (κ2) is 11.3. The molecule has 1 fully saturated rings. The molecule has 0 aromatic heterocycles. The van der Waals surface area contributed by atoms with E-state index >= 15 is 0 Å². The number of carbonyl (C=O) groups is 1. The van der Waals surface area contributed by atoms with Crippen LogP contribution >= 0.6 is 0 Å². The van der Waals surface area contributed by atoms with Gasteiger partial charge in [0.2, 0.25) is 0 Å². The minimum Gasteiger partial charge on any atom is -0.497 e. The highest BCUT2D eigenvalue weighted by molar-refractivity contribution is 7.92. The van der Waals surface area contributed by atoms with Crippen molar-refractivity contribution in [2.24, 2.45) is 11.3 Å². The number of halogens is 1. The summed E-state index contributed by atoms with van der Waals surface area (Å²) >= 11 is 0. The van der Waals surface area contributed by atoms with E-state index in [-0.39, 0.29) is 28.8 Å². The second-order valence-corrected chi connectivity index (χ2v) is 12.8. The fraction of sp³-hybridized carbons (Fsp3) is 0.367. The maximum Gasteiger partial charge on any atom is 0.407 e. The van der Waals surface area contributed by atoms with Crippen molar-refractivity contribution >= 4 is 21.8 Å². The number of hydrogen-bond acceptors (Lipinski definition) is 4. The van der Waals surface area contributed by atoms with E-state index in [0.717, 1.165) is 0 Å². The first-order chi connectivity index (χ1) is 18.4. The highest BCUT2D eigenvalue weighted by Crippen LogP contribution is 2.40. The molecular weight excluding hydrogens is 519 g/mol. The molecule has 1 N–H and O–H groups in total. The molecule has 3 aromatic carbocycles. The number of piperidine rings is 1. The van der Waals surface area contributed by atoms with Gasteiger partial charge in [-0.1, -0.05) is 51.1 Å². The molecule has 3 aromatic rings. The van der Waals surface area contributed by atoms with Crippen molar-refractivity contribution in [2.45, 2.75) is 44.6 Å². The third-order valence-corrected chi connectivity index (χ3v) is 9.13. The number of methoxy groups -OCH3 is 1. The predicted octanol–water partition coefficient (Wildman–Crippen LogP) is 6.50. The SMILES string of the molecule is COc1ccc(N(CC2CCN(C(=O)O)C(C(C)(C)C)C2)S(=O)(=O)c2ccccc2)c(-c2ccc(F)cc2)c1. The van der Waals surface area contributed by atoms with Crippen LogP contribution in [-0.2, 0) is 10.0 Å². The van der Waals surface area contributed by atoms with E-state index in [1.807, 2.05) is 20.8 Å². The Kier molecular flexibility index (Phi) is 8.20. The summed E-state index contributed by atoms with van der Waals surface area (Å²) in [5, 5.41) is 9.81. The molecule has 2 atom stereocenters. The number of benzene rings is 3. The third-order valence-electron chi connectivity index (χ3n) is 7.34. The molecule has 1 heterocycles. The third kappa shape index (κ3) is 6.19. The lowest BCUT2D eigenvalue weighted by Crippen LogP contribution is -2.53. The monoisotopic (exact) mass is 554 g/mol. The number of hydrogen-bond donors (Lipinski definition) is 1. The van der Waals surface area contributed by atoms with E-state index in [0.29, 0.717) is 42.0 Å². The van der Waals surface area contributed by atoms with Crippen molar-refractivity contribution in [3.05, 3.63) is 78.6 Å². The summed E-state index contributed by atoms with van der Waals surface area (Å²) in [5.74, 6) is 0.0551. The van der Waals surface area contributed by atoms with Crippen LogP contribution in [0.1, 0.15) is 33.6 Å². The Morgan fingerprint density at radius 3 is 2.33 bits per heavy atom. The smallest absolute Gasteiger partial charge is 0.407 e. The van der Waals surface area contributed by atoms with Crippen LogP contribution in [0.15, 0.2) is 77.7 Å². The molecule has 7 nitrogen and oxygen atoms in total. The van der Waals surface area contributed by atoms with Gasteiger partial charge in [-0.15, -0.1) is 0 Å². The zero-order chi connectivity index (χ0) is 28.4. The first-order valence-corrected chi connectivity index (χ1v) is 14.4. The molecule has 0 bridgehead atoms. The molecule has 1 amide bonds. The molecule has 208 valence electrons. The van der Waals surface area contributed by atoms with E-state index in [1.165, 1.54) is 28.4 Å². The molecule has 0 radical (unpaired) electrons. The normalized spacial score (nSPS) is 18.0. The number of sulfonamides is 1. The van der Waals surface area contributed by atoms with Gasteiger partial charge < -0.3 is 14.7 Å². The van der Waals surface area contributed by atoms with Crippen LogP contribution in [0.5, 0.6) is 5.75 Å². The first kappa shape index (κ1) is 28.4. The number of rotatable bonds is 7. The van der Waals surface area contributed by atoms with Crippen molar-refractivity contribution in [1.82, 2.24) is 4.90 Å². The highest BCUT2D eigenvalue weighted by Gasteiger charge is 2.40. The van der Waals surface area contributed by atoms with Crippen molar-refractivity contribution in [1.29, 1.82) is 0 Å². The summed E-state index contributed by atoms with van der Waals surface area (Å²) in [6.07, 6.45) is 0.0938. The Morgan fingerprint density at radius 1 is 1.08 bits per heavy atom.